The molecule has 2 aromatic rings. The topological polar surface area (TPSA) is 26.3 Å². The van der Waals surface area contributed by atoms with Crippen LogP contribution in [0.3, 0.4) is 0 Å². The van der Waals surface area contributed by atoms with Crippen LogP contribution < -0.4 is 10.2 Å². The summed E-state index contributed by atoms with van der Waals surface area (Å²) in [6, 6.07) is 15.3. The molecule has 3 heteroatoms. The van der Waals surface area contributed by atoms with Crippen LogP contribution in [0.15, 0.2) is 48.5 Å². The summed E-state index contributed by atoms with van der Waals surface area (Å²) < 4.78 is 5.07. The van der Waals surface area contributed by atoms with E-state index >= 15 is 0 Å². The first-order chi connectivity index (χ1) is 8.69. The number of ketones is 1. The van der Waals surface area contributed by atoms with Crippen LogP contribution in [0.25, 0.3) is 0 Å². The van der Waals surface area contributed by atoms with Crippen LogP contribution in [0, 0.1) is 0 Å². The Bertz CT molecular complexity index is 529. The van der Waals surface area contributed by atoms with Gasteiger partial charge in [-0.25, -0.2) is 0 Å². The van der Waals surface area contributed by atoms with Gasteiger partial charge in [-0.3, -0.25) is 4.79 Å². The highest BCUT2D eigenvalue weighted by Gasteiger charge is 2.06. The Morgan fingerprint density at radius 3 is 2.22 bits per heavy atom. The third-order valence-electron chi connectivity index (χ3n) is 2.90. The molecule has 90 valence electrons. The Hall–Kier alpha value is -2.03. The number of hydrogen-bond donors (Lipinski definition) is 0. The molecule has 0 aliphatic rings. The second-order valence-electron chi connectivity index (χ2n) is 4.31. The highest BCUT2D eigenvalue weighted by molar-refractivity contribution is 6.32. The van der Waals surface area contributed by atoms with Gasteiger partial charge in [-0.2, -0.15) is 0 Å². The number of methoxy groups -OCH3 is 1. The van der Waals surface area contributed by atoms with Crippen molar-refractivity contribution in [1.29, 1.82) is 0 Å². The monoisotopic (exact) mass is 238 g/mol. The van der Waals surface area contributed by atoms with Crippen LogP contribution in [-0.2, 0) is 6.42 Å². The van der Waals surface area contributed by atoms with Gasteiger partial charge in [0.25, 0.3) is 0 Å². The summed E-state index contributed by atoms with van der Waals surface area (Å²) in [6.07, 6.45) is 0.437. The average molecular weight is 238 g/mol. The second-order valence-corrected chi connectivity index (χ2v) is 4.31. The number of benzene rings is 2. The van der Waals surface area contributed by atoms with E-state index in [2.05, 4.69) is 0 Å². The van der Waals surface area contributed by atoms with Crippen molar-refractivity contribution in [2.24, 2.45) is 0 Å². The van der Waals surface area contributed by atoms with Crippen molar-refractivity contribution in [1.82, 2.24) is 0 Å². The van der Waals surface area contributed by atoms with Gasteiger partial charge >= 0.3 is 0 Å². The van der Waals surface area contributed by atoms with Crippen LogP contribution in [0.4, 0.5) is 0 Å². The van der Waals surface area contributed by atoms with E-state index in [1.165, 1.54) is 5.46 Å². The fraction of sp³-hybridized carbons (Fsp3) is 0.133. The minimum atomic E-state index is 0.126. The number of hydrogen-bond acceptors (Lipinski definition) is 2. The van der Waals surface area contributed by atoms with Gasteiger partial charge in [-0.15, -0.1) is 0 Å². The van der Waals surface area contributed by atoms with E-state index in [0.717, 1.165) is 16.9 Å². The smallest absolute Gasteiger partial charge is 0.167 e. The molecular weight excluding hydrogens is 223 g/mol. The van der Waals surface area contributed by atoms with E-state index in [4.69, 9.17) is 4.74 Å². The van der Waals surface area contributed by atoms with E-state index in [0.29, 0.717) is 6.42 Å². The molecule has 0 radical (unpaired) electrons. The average Bonchev–Trinajstić information content (AvgIpc) is 2.41. The lowest BCUT2D eigenvalue weighted by Gasteiger charge is -2.04. The predicted molar refractivity (Wildman–Crippen MR) is 75.6 cm³/mol. The molecule has 0 aromatic heterocycles. The van der Waals surface area contributed by atoms with Crippen molar-refractivity contribution in [2.45, 2.75) is 6.42 Å². The lowest BCUT2D eigenvalue weighted by molar-refractivity contribution is 0.0993. The molecule has 0 fully saturated rings. The molecule has 0 bridgehead atoms. The van der Waals surface area contributed by atoms with Crippen molar-refractivity contribution in [2.75, 3.05) is 7.11 Å². The first-order valence-corrected chi connectivity index (χ1v) is 5.92. The van der Waals surface area contributed by atoms with Gasteiger partial charge in [0, 0.05) is 12.0 Å². The number of Topliss-reactive ketones (excluding diaryl/α,β-unsaturated/α-hetero) is 1. The minimum absolute atomic E-state index is 0.126. The summed E-state index contributed by atoms with van der Waals surface area (Å²) >= 11 is 0. The highest BCUT2D eigenvalue weighted by Crippen LogP contribution is 2.13. The van der Waals surface area contributed by atoms with Crippen molar-refractivity contribution in [3.63, 3.8) is 0 Å². The Morgan fingerprint density at radius 1 is 1.06 bits per heavy atom. The number of carbonyl (C=O) groups excluding carboxylic acids is 1. The summed E-state index contributed by atoms with van der Waals surface area (Å²) in [5.41, 5.74) is 2.97. The maximum absolute atomic E-state index is 12.1. The molecule has 0 spiro atoms. The summed E-state index contributed by atoms with van der Waals surface area (Å²) in [5, 5.41) is 0. The van der Waals surface area contributed by atoms with Crippen LogP contribution >= 0.6 is 0 Å². The van der Waals surface area contributed by atoms with E-state index < -0.39 is 0 Å². The molecule has 18 heavy (non-hydrogen) atoms. The molecule has 0 saturated carbocycles. The van der Waals surface area contributed by atoms with Crippen molar-refractivity contribution in [3.05, 3.63) is 59.7 Å². The number of carbonyl (C=O) groups is 1. The summed E-state index contributed by atoms with van der Waals surface area (Å²) in [7, 11) is 3.65. The first-order valence-electron chi connectivity index (χ1n) is 5.92. The second kappa shape index (κ2) is 5.54. The van der Waals surface area contributed by atoms with Gasteiger partial charge in [0.05, 0.1) is 7.11 Å². The van der Waals surface area contributed by atoms with Crippen LogP contribution in [0.1, 0.15) is 15.9 Å². The van der Waals surface area contributed by atoms with Crippen LogP contribution in [-0.4, -0.2) is 20.7 Å². The van der Waals surface area contributed by atoms with Crippen molar-refractivity contribution in [3.8, 4) is 5.75 Å². The zero-order valence-electron chi connectivity index (χ0n) is 10.6. The largest absolute Gasteiger partial charge is 0.497 e. The van der Waals surface area contributed by atoms with Gasteiger partial charge in [-0.05, 0) is 29.8 Å². The Kier molecular flexibility index (Phi) is 3.83. The quantitative estimate of drug-likeness (QED) is 0.594. The normalized spacial score (nSPS) is 10.1. The van der Waals surface area contributed by atoms with Crippen molar-refractivity contribution >= 4 is 19.1 Å². The van der Waals surface area contributed by atoms with Gasteiger partial charge < -0.3 is 4.74 Å². The fourth-order valence-corrected chi connectivity index (χ4v) is 1.77. The Balaban J connectivity index is 2.09. The minimum Gasteiger partial charge on any atom is -0.497 e. The van der Waals surface area contributed by atoms with Crippen LogP contribution in [0.2, 0.25) is 0 Å². The van der Waals surface area contributed by atoms with Crippen LogP contribution in [0.5, 0.6) is 5.75 Å². The van der Waals surface area contributed by atoms with E-state index in [9.17, 15) is 4.79 Å². The van der Waals surface area contributed by atoms with E-state index in [1.807, 2.05) is 44.2 Å². The molecule has 0 unspecified atom stereocenters. The summed E-state index contributed by atoms with van der Waals surface area (Å²) in [4.78, 5) is 12.1. The zero-order valence-corrected chi connectivity index (χ0v) is 10.6. The standard InChI is InChI=1S/C15H15BO2/c1-18-14-8-4-12(5-9-14)15(17)10-11-2-6-13(16)7-3-11/h2-9H,10,16H2,1H3. The summed E-state index contributed by atoms with van der Waals surface area (Å²) in [6.45, 7) is 0. The fourth-order valence-electron chi connectivity index (χ4n) is 1.77. The third kappa shape index (κ3) is 3.01. The van der Waals surface area contributed by atoms with Gasteiger partial charge in [0.1, 0.15) is 13.6 Å². The van der Waals surface area contributed by atoms with Gasteiger partial charge in [0.2, 0.25) is 0 Å². The Labute approximate surface area is 108 Å². The molecule has 0 atom stereocenters. The highest BCUT2D eigenvalue weighted by atomic mass is 16.5. The first kappa shape index (κ1) is 12.4. The molecular formula is C15H15BO2. The SMILES string of the molecule is Bc1ccc(CC(=O)c2ccc(OC)cc2)cc1. The summed E-state index contributed by atoms with van der Waals surface area (Å²) in [5.74, 6) is 0.892. The molecule has 0 saturated heterocycles. The Morgan fingerprint density at radius 2 is 1.67 bits per heavy atom. The maximum atomic E-state index is 12.1. The van der Waals surface area contributed by atoms with Gasteiger partial charge in [-0.1, -0.05) is 29.7 Å². The molecule has 2 aromatic carbocycles. The zero-order chi connectivity index (χ0) is 13.0. The lowest BCUT2D eigenvalue weighted by Crippen LogP contribution is -2.06. The molecule has 0 heterocycles. The molecule has 0 N–H and O–H groups in total. The number of ether oxygens (including phenoxy) is 1. The lowest BCUT2D eigenvalue weighted by atomic mass is 9.94. The maximum Gasteiger partial charge on any atom is 0.167 e. The molecule has 0 amide bonds. The van der Waals surface area contributed by atoms with E-state index in [-0.39, 0.29) is 5.78 Å². The number of rotatable bonds is 4. The van der Waals surface area contributed by atoms with Crippen molar-refractivity contribution < 1.29 is 9.53 Å². The van der Waals surface area contributed by atoms with Gasteiger partial charge in [0.15, 0.2) is 5.78 Å². The third-order valence-corrected chi connectivity index (χ3v) is 2.90. The molecule has 2 nitrogen and oxygen atoms in total. The van der Waals surface area contributed by atoms with E-state index in [1.54, 1.807) is 19.2 Å². The predicted octanol–water partition coefficient (Wildman–Crippen LogP) is 1.38. The molecule has 0 aliphatic carbocycles. The molecule has 0 aliphatic heterocycles. The molecule has 2 rings (SSSR count).